The lowest BCUT2D eigenvalue weighted by molar-refractivity contribution is -0.129. The number of carbonyl (C=O) groups excluding carboxylic acids is 1. The largest absolute Gasteiger partial charge is 0.482 e. The Balaban J connectivity index is 1.69. The lowest BCUT2D eigenvalue weighted by Gasteiger charge is -2.27. The van der Waals surface area contributed by atoms with Crippen molar-refractivity contribution in [1.82, 2.24) is 4.90 Å². The van der Waals surface area contributed by atoms with Crippen molar-refractivity contribution in [2.45, 2.75) is 6.42 Å². The normalized spacial score (nSPS) is 16.1. The van der Waals surface area contributed by atoms with Gasteiger partial charge in [0.15, 0.2) is 11.8 Å². The molecule has 3 rings (SSSR count). The molecule has 1 saturated heterocycles. The topological polar surface area (TPSA) is 41.9 Å². The highest BCUT2D eigenvalue weighted by Crippen LogP contribution is 2.28. The van der Waals surface area contributed by atoms with Gasteiger partial charge in [-0.05, 0) is 36.8 Å². The number of para-hydroxylation sites is 1. The number of amides is 1. The zero-order valence-corrected chi connectivity index (χ0v) is 15.7. The number of aliphatic imine (C=N–C) groups is 1. The lowest BCUT2D eigenvalue weighted by Crippen LogP contribution is -2.41. The highest BCUT2D eigenvalue weighted by atomic mass is 35.5. The molecule has 0 atom stereocenters. The Bertz CT molecular complexity index is 784. The van der Waals surface area contributed by atoms with Crippen LogP contribution in [0.25, 0.3) is 0 Å². The van der Waals surface area contributed by atoms with Gasteiger partial charge >= 0.3 is 0 Å². The average Bonchev–Trinajstić information content (AvgIpc) is 2.62. The number of ether oxygens (including phenoxy) is 1. The Morgan fingerprint density at radius 3 is 2.76 bits per heavy atom. The fourth-order valence-corrected chi connectivity index (χ4v) is 3.74. The zero-order valence-electron chi connectivity index (χ0n) is 13.3. The number of hydrogen-bond acceptors (Lipinski definition) is 4. The van der Waals surface area contributed by atoms with E-state index in [1.54, 1.807) is 34.9 Å². The van der Waals surface area contributed by atoms with Crippen molar-refractivity contribution in [2.75, 3.05) is 18.9 Å². The molecule has 0 aliphatic carbocycles. The van der Waals surface area contributed by atoms with Crippen LogP contribution in [0, 0.1) is 0 Å². The maximum atomic E-state index is 12.6. The molecular weight excluding hydrogens is 379 g/mol. The summed E-state index contributed by atoms with van der Waals surface area (Å²) in [6.45, 7) is 0.533. The van der Waals surface area contributed by atoms with Gasteiger partial charge in [-0.1, -0.05) is 53.2 Å². The average molecular weight is 395 g/mol. The highest BCUT2D eigenvalue weighted by molar-refractivity contribution is 8.13. The van der Waals surface area contributed by atoms with Crippen molar-refractivity contribution in [3.63, 3.8) is 0 Å². The van der Waals surface area contributed by atoms with E-state index in [1.165, 1.54) is 0 Å². The first-order chi connectivity index (χ1) is 12.1. The quantitative estimate of drug-likeness (QED) is 0.730. The summed E-state index contributed by atoms with van der Waals surface area (Å²) >= 11 is 13.5. The first-order valence-corrected chi connectivity index (χ1v) is 9.52. The summed E-state index contributed by atoms with van der Waals surface area (Å²) in [7, 11) is 0. The maximum Gasteiger partial charge on any atom is 0.266 e. The van der Waals surface area contributed by atoms with E-state index in [1.807, 2.05) is 30.3 Å². The number of rotatable bonds is 4. The predicted octanol–water partition coefficient (Wildman–Crippen LogP) is 5.03. The summed E-state index contributed by atoms with van der Waals surface area (Å²) in [5.74, 6) is 1.23. The molecule has 25 heavy (non-hydrogen) atoms. The third-order valence-corrected chi connectivity index (χ3v) is 5.11. The van der Waals surface area contributed by atoms with Gasteiger partial charge in [-0.3, -0.25) is 9.69 Å². The summed E-state index contributed by atoms with van der Waals surface area (Å²) in [5.41, 5.74) is 0.825. The molecule has 1 amide bonds. The van der Waals surface area contributed by atoms with Crippen molar-refractivity contribution < 1.29 is 9.53 Å². The van der Waals surface area contributed by atoms with E-state index in [0.717, 1.165) is 17.9 Å². The molecule has 0 saturated carbocycles. The number of carbonyl (C=O) groups is 1. The maximum absolute atomic E-state index is 12.6. The molecule has 1 aliphatic heterocycles. The first-order valence-electron chi connectivity index (χ1n) is 7.78. The van der Waals surface area contributed by atoms with E-state index < -0.39 is 0 Å². The Hall–Kier alpha value is -1.69. The molecule has 130 valence electrons. The number of amidine groups is 1. The smallest absolute Gasteiger partial charge is 0.266 e. The molecule has 0 spiro atoms. The molecule has 0 bridgehead atoms. The fourth-order valence-electron chi connectivity index (χ4n) is 2.31. The summed E-state index contributed by atoms with van der Waals surface area (Å²) in [6, 6.07) is 14.5. The van der Waals surface area contributed by atoms with Gasteiger partial charge in [-0.2, -0.15) is 0 Å². The molecule has 2 aromatic rings. The third-order valence-electron chi connectivity index (χ3n) is 3.52. The van der Waals surface area contributed by atoms with E-state index in [9.17, 15) is 4.79 Å². The van der Waals surface area contributed by atoms with Crippen LogP contribution < -0.4 is 4.74 Å². The van der Waals surface area contributed by atoms with Gasteiger partial charge in [0.25, 0.3) is 5.91 Å². The molecule has 0 unspecified atom stereocenters. The third kappa shape index (κ3) is 4.91. The number of benzene rings is 2. The van der Waals surface area contributed by atoms with Gasteiger partial charge < -0.3 is 4.74 Å². The summed E-state index contributed by atoms with van der Waals surface area (Å²) in [4.78, 5) is 18.8. The van der Waals surface area contributed by atoms with Crippen molar-refractivity contribution in [2.24, 2.45) is 4.99 Å². The molecule has 7 heteroatoms. The summed E-state index contributed by atoms with van der Waals surface area (Å²) < 4.78 is 5.56. The van der Waals surface area contributed by atoms with Gasteiger partial charge in [0.05, 0.1) is 10.7 Å². The van der Waals surface area contributed by atoms with Crippen molar-refractivity contribution in [3.05, 3.63) is 58.6 Å². The van der Waals surface area contributed by atoms with E-state index >= 15 is 0 Å². The molecule has 2 aromatic carbocycles. The van der Waals surface area contributed by atoms with Gasteiger partial charge in [0.1, 0.15) is 5.75 Å². The van der Waals surface area contributed by atoms with Crippen LogP contribution in [0.1, 0.15) is 6.42 Å². The molecule has 1 aliphatic rings. The van der Waals surface area contributed by atoms with Gasteiger partial charge in [-0.15, -0.1) is 0 Å². The van der Waals surface area contributed by atoms with E-state index in [0.29, 0.717) is 27.5 Å². The number of hydrogen-bond donors (Lipinski definition) is 0. The zero-order chi connectivity index (χ0) is 17.6. The van der Waals surface area contributed by atoms with Crippen LogP contribution in [-0.4, -0.2) is 34.9 Å². The second-order valence-corrected chi connectivity index (χ2v) is 7.25. The number of nitrogens with zero attached hydrogens (tertiary/aromatic N) is 2. The van der Waals surface area contributed by atoms with Crippen LogP contribution >= 0.6 is 35.0 Å². The fraction of sp³-hybridized carbons (Fsp3) is 0.222. The van der Waals surface area contributed by atoms with Gasteiger partial charge in [0, 0.05) is 17.3 Å². The molecule has 0 aromatic heterocycles. The first kappa shape index (κ1) is 18.1. The van der Waals surface area contributed by atoms with E-state index in [4.69, 9.17) is 27.9 Å². The number of halogens is 2. The van der Waals surface area contributed by atoms with Crippen LogP contribution in [-0.2, 0) is 4.79 Å². The van der Waals surface area contributed by atoms with Crippen LogP contribution in [0.15, 0.2) is 53.5 Å². The van der Waals surface area contributed by atoms with Crippen molar-refractivity contribution in [1.29, 1.82) is 0 Å². The molecule has 4 nitrogen and oxygen atoms in total. The Morgan fingerprint density at radius 2 is 2.00 bits per heavy atom. The standard InChI is InChI=1S/C18H16Cl2N2O2S/c19-13-7-8-16(15(20)11-13)24-12-17(23)22-9-4-10-25-18(22)21-14-5-2-1-3-6-14/h1-3,5-8,11H,4,9-10,12H2. The van der Waals surface area contributed by atoms with E-state index in [-0.39, 0.29) is 12.5 Å². The molecule has 0 radical (unpaired) electrons. The van der Waals surface area contributed by atoms with Crippen molar-refractivity contribution >= 4 is 51.7 Å². The molecule has 1 fully saturated rings. The second-order valence-electron chi connectivity index (χ2n) is 5.34. The minimum atomic E-state index is -0.145. The minimum absolute atomic E-state index is 0.101. The molecule has 1 heterocycles. The second kappa shape index (κ2) is 8.61. The van der Waals surface area contributed by atoms with Crippen LogP contribution in [0.3, 0.4) is 0 Å². The van der Waals surface area contributed by atoms with Crippen molar-refractivity contribution in [3.8, 4) is 5.75 Å². The SMILES string of the molecule is O=C(COc1ccc(Cl)cc1Cl)N1CCCSC1=Nc1ccccc1. The van der Waals surface area contributed by atoms with Crippen LogP contribution in [0.2, 0.25) is 10.0 Å². The predicted molar refractivity (Wildman–Crippen MR) is 104 cm³/mol. The minimum Gasteiger partial charge on any atom is -0.482 e. The molecular formula is C18H16Cl2N2O2S. The van der Waals surface area contributed by atoms with Gasteiger partial charge in [0.2, 0.25) is 0 Å². The Labute approximate surface area is 160 Å². The van der Waals surface area contributed by atoms with Crippen LogP contribution in [0.5, 0.6) is 5.75 Å². The van der Waals surface area contributed by atoms with Gasteiger partial charge in [-0.25, -0.2) is 4.99 Å². The summed E-state index contributed by atoms with van der Waals surface area (Å²) in [6.07, 6.45) is 0.923. The van der Waals surface area contributed by atoms with Crippen LogP contribution in [0.4, 0.5) is 5.69 Å². The Kier molecular flexibility index (Phi) is 6.24. The highest BCUT2D eigenvalue weighted by Gasteiger charge is 2.24. The Morgan fingerprint density at radius 1 is 1.20 bits per heavy atom. The lowest BCUT2D eigenvalue weighted by atomic mass is 10.3. The van der Waals surface area contributed by atoms with E-state index in [2.05, 4.69) is 4.99 Å². The summed E-state index contributed by atoms with van der Waals surface area (Å²) in [5, 5.41) is 1.60. The number of thioether (sulfide) groups is 1. The monoisotopic (exact) mass is 394 g/mol. The molecule has 0 N–H and O–H groups in total.